The van der Waals surface area contributed by atoms with Crippen LogP contribution in [0.25, 0.3) is 0 Å². The van der Waals surface area contributed by atoms with Crippen molar-refractivity contribution < 1.29 is 9.59 Å². The molecule has 0 unspecified atom stereocenters. The van der Waals surface area contributed by atoms with E-state index in [1.807, 2.05) is 18.3 Å². The van der Waals surface area contributed by atoms with Crippen LogP contribution < -0.4 is 16.4 Å². The van der Waals surface area contributed by atoms with E-state index >= 15 is 0 Å². The summed E-state index contributed by atoms with van der Waals surface area (Å²) in [6.45, 7) is 0. The van der Waals surface area contributed by atoms with Crippen LogP contribution in [0.4, 0.5) is 17.1 Å². The Bertz CT molecular complexity index is 940. The number of rotatable bonds is 7. The Morgan fingerprint density at radius 3 is 2.43 bits per heavy atom. The van der Waals surface area contributed by atoms with Gasteiger partial charge in [-0.05, 0) is 60.9 Å². The molecule has 28 heavy (non-hydrogen) atoms. The van der Waals surface area contributed by atoms with Crippen molar-refractivity contribution >= 4 is 28.9 Å². The smallest absolute Gasteiger partial charge is 0.255 e. The molecular weight excluding hydrogens is 352 g/mol. The molecule has 0 saturated carbocycles. The van der Waals surface area contributed by atoms with Gasteiger partial charge in [0.1, 0.15) is 0 Å². The first-order chi connectivity index (χ1) is 13.6. The Labute approximate surface area is 163 Å². The summed E-state index contributed by atoms with van der Waals surface area (Å²) < 4.78 is 0. The van der Waals surface area contributed by atoms with Gasteiger partial charge in [-0.25, -0.2) is 0 Å². The number of amides is 2. The van der Waals surface area contributed by atoms with Crippen molar-refractivity contribution in [1.29, 1.82) is 0 Å². The van der Waals surface area contributed by atoms with Crippen LogP contribution in [0.3, 0.4) is 0 Å². The molecule has 1 heterocycles. The molecule has 0 spiro atoms. The number of nitrogens with two attached hydrogens (primary N) is 1. The summed E-state index contributed by atoms with van der Waals surface area (Å²) >= 11 is 0. The predicted octanol–water partition coefficient (Wildman–Crippen LogP) is 3.88. The second-order valence-corrected chi connectivity index (χ2v) is 6.38. The Balaban J connectivity index is 1.49. The molecule has 0 atom stereocenters. The lowest BCUT2D eigenvalue weighted by Gasteiger charge is -2.09. The monoisotopic (exact) mass is 374 g/mol. The lowest BCUT2D eigenvalue weighted by atomic mass is 10.1. The molecule has 0 radical (unpaired) electrons. The number of carbonyl (C=O) groups is 2. The molecule has 3 rings (SSSR count). The van der Waals surface area contributed by atoms with Gasteiger partial charge in [0, 0.05) is 30.1 Å². The average molecular weight is 374 g/mol. The Hall–Kier alpha value is -3.67. The highest BCUT2D eigenvalue weighted by Gasteiger charge is 2.09. The number of nitrogens with zero attached hydrogens (tertiary/aromatic N) is 1. The van der Waals surface area contributed by atoms with Crippen molar-refractivity contribution in [1.82, 2.24) is 4.98 Å². The van der Waals surface area contributed by atoms with Crippen molar-refractivity contribution in [2.45, 2.75) is 19.3 Å². The van der Waals surface area contributed by atoms with Crippen molar-refractivity contribution in [3.05, 3.63) is 84.2 Å². The summed E-state index contributed by atoms with van der Waals surface area (Å²) in [7, 11) is 0. The van der Waals surface area contributed by atoms with Crippen LogP contribution in [0.2, 0.25) is 0 Å². The van der Waals surface area contributed by atoms with Crippen LogP contribution in [0.5, 0.6) is 0 Å². The maximum Gasteiger partial charge on any atom is 0.255 e. The fraction of sp³-hybridized carbons (Fsp3) is 0.136. The molecule has 2 amide bonds. The van der Waals surface area contributed by atoms with Crippen LogP contribution in [-0.2, 0) is 11.2 Å². The molecule has 6 nitrogen and oxygen atoms in total. The molecule has 1 aromatic heterocycles. The zero-order valence-corrected chi connectivity index (χ0v) is 15.4. The molecule has 142 valence electrons. The molecule has 2 aromatic carbocycles. The zero-order chi connectivity index (χ0) is 19.8. The van der Waals surface area contributed by atoms with Gasteiger partial charge >= 0.3 is 0 Å². The molecule has 0 saturated heterocycles. The lowest BCUT2D eigenvalue weighted by Crippen LogP contribution is -2.14. The van der Waals surface area contributed by atoms with Gasteiger partial charge in [-0.15, -0.1) is 0 Å². The summed E-state index contributed by atoms with van der Waals surface area (Å²) in [6.07, 6.45) is 5.52. The second-order valence-electron chi connectivity index (χ2n) is 6.38. The number of anilines is 3. The van der Waals surface area contributed by atoms with E-state index in [2.05, 4.69) is 15.6 Å². The quantitative estimate of drug-likeness (QED) is 0.547. The van der Waals surface area contributed by atoms with Crippen LogP contribution in [0.1, 0.15) is 28.8 Å². The van der Waals surface area contributed by atoms with E-state index in [9.17, 15) is 9.59 Å². The number of nitrogens with one attached hydrogen (secondary N) is 2. The first-order valence-corrected chi connectivity index (χ1v) is 9.06. The number of carbonyl (C=O) groups excluding carboxylic acids is 2. The van der Waals surface area contributed by atoms with Gasteiger partial charge < -0.3 is 16.4 Å². The fourth-order valence-corrected chi connectivity index (χ4v) is 2.73. The van der Waals surface area contributed by atoms with E-state index in [0.717, 1.165) is 18.4 Å². The number of aryl methyl sites for hydroxylation is 1. The number of benzene rings is 2. The standard InChI is InChI=1S/C22H22N4O2/c23-19-7-1-2-8-20(19)26-22(28)17-10-12-18(13-11-17)25-21(27)9-3-5-16-6-4-14-24-15-16/h1-2,4,6-8,10-15H,3,5,9,23H2,(H,25,27)(H,26,28). The maximum absolute atomic E-state index is 12.3. The normalized spacial score (nSPS) is 10.3. The van der Waals surface area contributed by atoms with Crippen molar-refractivity contribution in [3.8, 4) is 0 Å². The van der Waals surface area contributed by atoms with Gasteiger partial charge in [-0.1, -0.05) is 18.2 Å². The third-order valence-electron chi connectivity index (χ3n) is 4.23. The number of pyridine rings is 1. The van der Waals surface area contributed by atoms with Crippen LogP contribution in [0.15, 0.2) is 73.1 Å². The molecule has 4 N–H and O–H groups in total. The van der Waals surface area contributed by atoms with E-state index in [1.54, 1.807) is 54.7 Å². The van der Waals surface area contributed by atoms with E-state index < -0.39 is 0 Å². The van der Waals surface area contributed by atoms with Gasteiger partial charge in [-0.3, -0.25) is 14.6 Å². The first kappa shape index (κ1) is 19.1. The third kappa shape index (κ3) is 5.41. The molecule has 3 aromatic rings. The number of hydrogen-bond acceptors (Lipinski definition) is 4. The molecule has 0 bridgehead atoms. The third-order valence-corrected chi connectivity index (χ3v) is 4.23. The number of para-hydroxylation sites is 2. The summed E-state index contributed by atoms with van der Waals surface area (Å²) in [5.74, 6) is -0.314. The molecule has 6 heteroatoms. The van der Waals surface area contributed by atoms with E-state index in [4.69, 9.17) is 5.73 Å². The number of hydrogen-bond donors (Lipinski definition) is 3. The Kier molecular flexibility index (Phi) is 6.36. The maximum atomic E-state index is 12.3. The molecule has 0 fully saturated rings. The summed E-state index contributed by atoms with van der Waals surface area (Å²) in [6, 6.07) is 17.7. The lowest BCUT2D eigenvalue weighted by molar-refractivity contribution is -0.116. The van der Waals surface area contributed by atoms with Crippen LogP contribution in [0, 0.1) is 0 Å². The minimum atomic E-state index is -0.257. The predicted molar refractivity (Wildman–Crippen MR) is 111 cm³/mol. The van der Waals surface area contributed by atoms with E-state index in [-0.39, 0.29) is 11.8 Å². The topological polar surface area (TPSA) is 97.1 Å². The summed E-state index contributed by atoms with van der Waals surface area (Å²) in [4.78, 5) is 28.5. The molecule has 0 aliphatic heterocycles. The SMILES string of the molecule is Nc1ccccc1NC(=O)c1ccc(NC(=O)CCCc2cccnc2)cc1. The molecule has 0 aliphatic carbocycles. The van der Waals surface area contributed by atoms with Gasteiger partial charge in [0.2, 0.25) is 5.91 Å². The molecule has 0 aliphatic rings. The number of aromatic nitrogens is 1. The van der Waals surface area contributed by atoms with E-state index in [1.165, 1.54) is 0 Å². The number of nitrogen functional groups attached to an aromatic ring is 1. The highest BCUT2D eigenvalue weighted by molar-refractivity contribution is 6.06. The Morgan fingerprint density at radius 1 is 0.929 bits per heavy atom. The minimum absolute atomic E-state index is 0.0573. The van der Waals surface area contributed by atoms with Crippen molar-refractivity contribution in [2.75, 3.05) is 16.4 Å². The Morgan fingerprint density at radius 2 is 1.71 bits per heavy atom. The minimum Gasteiger partial charge on any atom is -0.397 e. The summed E-state index contributed by atoms with van der Waals surface area (Å²) in [5.41, 5.74) is 9.17. The zero-order valence-electron chi connectivity index (χ0n) is 15.4. The largest absolute Gasteiger partial charge is 0.397 e. The van der Waals surface area contributed by atoms with Crippen molar-refractivity contribution in [3.63, 3.8) is 0 Å². The highest BCUT2D eigenvalue weighted by Crippen LogP contribution is 2.18. The van der Waals surface area contributed by atoms with Crippen LogP contribution >= 0.6 is 0 Å². The van der Waals surface area contributed by atoms with Gasteiger partial charge in [0.15, 0.2) is 0 Å². The average Bonchev–Trinajstić information content (AvgIpc) is 2.71. The first-order valence-electron chi connectivity index (χ1n) is 9.06. The fourth-order valence-electron chi connectivity index (χ4n) is 2.73. The van der Waals surface area contributed by atoms with Gasteiger partial charge in [-0.2, -0.15) is 0 Å². The molecular formula is C22H22N4O2. The van der Waals surface area contributed by atoms with Crippen LogP contribution in [-0.4, -0.2) is 16.8 Å². The van der Waals surface area contributed by atoms with Gasteiger partial charge in [0.05, 0.1) is 11.4 Å². The second kappa shape index (κ2) is 9.32. The van der Waals surface area contributed by atoms with E-state index in [0.29, 0.717) is 29.0 Å². The van der Waals surface area contributed by atoms with Gasteiger partial charge in [0.25, 0.3) is 5.91 Å². The summed E-state index contributed by atoms with van der Waals surface area (Å²) in [5, 5.41) is 5.62. The van der Waals surface area contributed by atoms with Crippen molar-refractivity contribution in [2.24, 2.45) is 0 Å². The highest BCUT2D eigenvalue weighted by atomic mass is 16.2.